The van der Waals surface area contributed by atoms with Crippen LogP contribution in [-0.4, -0.2) is 26.1 Å². The van der Waals surface area contributed by atoms with Crippen LogP contribution in [0, 0.1) is 0 Å². The monoisotopic (exact) mass is 280 g/mol. The van der Waals surface area contributed by atoms with Gasteiger partial charge < -0.3 is 14.7 Å². The highest BCUT2D eigenvalue weighted by atomic mass is 15.3. The number of benzene rings is 1. The Morgan fingerprint density at radius 2 is 1.95 bits per heavy atom. The van der Waals surface area contributed by atoms with E-state index in [-0.39, 0.29) is 0 Å². The van der Waals surface area contributed by atoms with E-state index < -0.39 is 0 Å². The van der Waals surface area contributed by atoms with E-state index in [1.165, 1.54) is 11.3 Å². The van der Waals surface area contributed by atoms with Crippen molar-refractivity contribution in [1.29, 1.82) is 0 Å². The van der Waals surface area contributed by atoms with Crippen molar-refractivity contribution >= 4 is 17.1 Å². The second-order valence-corrected chi connectivity index (χ2v) is 5.49. The number of nitrogens with zero attached hydrogens (tertiary/aromatic N) is 4. The van der Waals surface area contributed by atoms with E-state index in [4.69, 9.17) is 0 Å². The molecule has 1 aromatic carbocycles. The molecule has 1 aromatic heterocycles. The van der Waals surface area contributed by atoms with E-state index in [1.54, 1.807) is 0 Å². The fourth-order valence-electron chi connectivity index (χ4n) is 2.60. The molecule has 0 aliphatic carbocycles. The molecule has 2 aromatic rings. The third-order valence-corrected chi connectivity index (χ3v) is 3.92. The summed E-state index contributed by atoms with van der Waals surface area (Å²) >= 11 is 0. The predicted octanol–water partition coefficient (Wildman–Crippen LogP) is 3.08. The van der Waals surface area contributed by atoms with Gasteiger partial charge in [0.05, 0.1) is 30.3 Å². The van der Waals surface area contributed by atoms with Crippen LogP contribution in [-0.2, 0) is 6.54 Å². The maximum Gasteiger partial charge on any atom is 0.106 e. The minimum absolute atomic E-state index is 0.817. The Hall–Kier alpha value is -2.49. The molecule has 0 unspecified atom stereocenters. The van der Waals surface area contributed by atoms with Crippen LogP contribution in [0.4, 0.5) is 17.1 Å². The number of hydrogen-bond acceptors (Lipinski definition) is 4. The van der Waals surface area contributed by atoms with Gasteiger partial charge in [0.2, 0.25) is 0 Å². The maximum absolute atomic E-state index is 4.35. The average Bonchev–Trinajstić information content (AvgIpc) is 2.51. The molecular formula is C17H20N4. The smallest absolute Gasteiger partial charge is 0.106 e. The first-order valence-corrected chi connectivity index (χ1v) is 6.98. The summed E-state index contributed by atoms with van der Waals surface area (Å²) in [6, 6.07) is 10.6. The summed E-state index contributed by atoms with van der Waals surface area (Å²) in [5.74, 6) is 0.964. The van der Waals surface area contributed by atoms with Crippen LogP contribution in [0.3, 0.4) is 0 Å². The number of rotatable bonds is 2. The largest absolute Gasteiger partial charge is 0.376 e. The van der Waals surface area contributed by atoms with Crippen molar-refractivity contribution in [3.05, 3.63) is 60.7 Å². The highest BCUT2D eigenvalue weighted by Crippen LogP contribution is 2.34. The number of fused-ring (bicyclic) bond motifs is 1. The highest BCUT2D eigenvalue weighted by molar-refractivity contribution is 5.69. The van der Waals surface area contributed by atoms with Gasteiger partial charge in [-0.3, -0.25) is 4.98 Å². The molecule has 0 amide bonds. The molecule has 0 bridgehead atoms. The molecule has 0 saturated heterocycles. The normalized spacial score (nSPS) is 14.1. The average molecular weight is 280 g/mol. The topological polar surface area (TPSA) is 22.6 Å². The van der Waals surface area contributed by atoms with Crippen molar-refractivity contribution in [2.45, 2.75) is 6.54 Å². The molecule has 2 heterocycles. The minimum Gasteiger partial charge on any atom is -0.376 e. The Bertz CT molecular complexity index is 678. The number of aromatic nitrogens is 1. The van der Waals surface area contributed by atoms with Crippen LogP contribution in [0.1, 0.15) is 5.56 Å². The third kappa shape index (κ3) is 2.33. The van der Waals surface area contributed by atoms with Crippen molar-refractivity contribution in [3.63, 3.8) is 0 Å². The standard InChI is InChI=1S/C17H20N4/c1-13-20(4)17-8-6-5-7-14(17)12-21(13)16-9-15(19(2)3)10-18-11-16/h5-11H,1,12H2,2-4H3. The summed E-state index contributed by atoms with van der Waals surface area (Å²) in [6.07, 6.45) is 3.76. The van der Waals surface area contributed by atoms with Gasteiger partial charge in [-0.15, -0.1) is 0 Å². The van der Waals surface area contributed by atoms with E-state index in [1.807, 2.05) is 26.5 Å². The Balaban J connectivity index is 2.00. The van der Waals surface area contributed by atoms with E-state index in [0.717, 1.165) is 23.7 Å². The lowest BCUT2D eigenvalue weighted by Gasteiger charge is -2.39. The van der Waals surface area contributed by atoms with Crippen molar-refractivity contribution in [2.24, 2.45) is 0 Å². The summed E-state index contributed by atoms with van der Waals surface area (Å²) in [7, 11) is 6.09. The lowest BCUT2D eigenvalue weighted by molar-refractivity contribution is 0.824. The highest BCUT2D eigenvalue weighted by Gasteiger charge is 2.24. The second kappa shape index (κ2) is 5.13. The van der Waals surface area contributed by atoms with Gasteiger partial charge in [0.25, 0.3) is 0 Å². The SMILES string of the molecule is C=C1N(C)c2ccccc2CN1c1cncc(N(C)C)c1. The molecule has 1 aliphatic rings. The van der Waals surface area contributed by atoms with Crippen LogP contribution in [0.2, 0.25) is 0 Å². The molecule has 108 valence electrons. The van der Waals surface area contributed by atoms with Crippen molar-refractivity contribution in [1.82, 2.24) is 4.98 Å². The molecule has 0 spiro atoms. The van der Waals surface area contributed by atoms with Gasteiger partial charge in [-0.2, -0.15) is 0 Å². The zero-order chi connectivity index (χ0) is 15.0. The molecule has 0 fully saturated rings. The van der Waals surface area contributed by atoms with Gasteiger partial charge in [0.15, 0.2) is 0 Å². The Kier molecular flexibility index (Phi) is 3.29. The van der Waals surface area contributed by atoms with Crippen molar-refractivity contribution in [2.75, 3.05) is 35.8 Å². The molecule has 0 atom stereocenters. The number of para-hydroxylation sites is 1. The number of hydrogen-bond donors (Lipinski definition) is 0. The number of anilines is 3. The summed E-state index contributed by atoms with van der Waals surface area (Å²) in [6.45, 7) is 5.05. The van der Waals surface area contributed by atoms with Crippen LogP contribution in [0.5, 0.6) is 0 Å². The van der Waals surface area contributed by atoms with E-state index in [0.29, 0.717) is 0 Å². The Labute approximate surface area is 125 Å². The predicted molar refractivity (Wildman–Crippen MR) is 88.7 cm³/mol. The second-order valence-electron chi connectivity index (χ2n) is 5.49. The van der Waals surface area contributed by atoms with Gasteiger partial charge in [0, 0.05) is 26.8 Å². The molecule has 4 nitrogen and oxygen atoms in total. The summed E-state index contributed by atoms with van der Waals surface area (Å²) in [5, 5.41) is 0. The van der Waals surface area contributed by atoms with Crippen molar-refractivity contribution < 1.29 is 0 Å². The fraction of sp³-hybridized carbons (Fsp3) is 0.235. The summed E-state index contributed by atoms with van der Waals surface area (Å²) in [4.78, 5) is 10.7. The summed E-state index contributed by atoms with van der Waals surface area (Å²) in [5.41, 5.74) is 4.66. The molecule has 0 radical (unpaired) electrons. The van der Waals surface area contributed by atoms with Gasteiger partial charge >= 0.3 is 0 Å². The Morgan fingerprint density at radius 1 is 1.19 bits per heavy atom. The zero-order valence-electron chi connectivity index (χ0n) is 12.7. The number of pyridine rings is 1. The lowest BCUT2D eigenvalue weighted by Crippen LogP contribution is -2.37. The first-order chi connectivity index (χ1) is 10.1. The van der Waals surface area contributed by atoms with Gasteiger partial charge in [-0.25, -0.2) is 0 Å². The Morgan fingerprint density at radius 3 is 2.71 bits per heavy atom. The van der Waals surface area contributed by atoms with Gasteiger partial charge in [-0.05, 0) is 17.7 Å². The first kappa shape index (κ1) is 13.5. The molecule has 4 heteroatoms. The van der Waals surface area contributed by atoms with E-state index >= 15 is 0 Å². The van der Waals surface area contributed by atoms with Gasteiger partial charge in [-0.1, -0.05) is 24.8 Å². The van der Waals surface area contributed by atoms with Crippen LogP contribution >= 0.6 is 0 Å². The minimum atomic E-state index is 0.817. The van der Waals surface area contributed by atoms with Crippen LogP contribution in [0.25, 0.3) is 0 Å². The van der Waals surface area contributed by atoms with Gasteiger partial charge in [0.1, 0.15) is 5.82 Å². The molecular weight excluding hydrogens is 260 g/mol. The molecule has 0 saturated carbocycles. The quantitative estimate of drug-likeness (QED) is 0.843. The van der Waals surface area contributed by atoms with Crippen LogP contribution in [0.15, 0.2) is 55.1 Å². The first-order valence-electron chi connectivity index (χ1n) is 6.98. The summed E-state index contributed by atoms with van der Waals surface area (Å²) < 4.78 is 0. The maximum atomic E-state index is 4.35. The molecule has 21 heavy (non-hydrogen) atoms. The van der Waals surface area contributed by atoms with Crippen LogP contribution < -0.4 is 14.7 Å². The zero-order valence-corrected chi connectivity index (χ0v) is 12.7. The molecule has 0 N–H and O–H groups in total. The third-order valence-electron chi connectivity index (χ3n) is 3.92. The molecule has 1 aliphatic heterocycles. The lowest BCUT2D eigenvalue weighted by atomic mass is 10.1. The van der Waals surface area contributed by atoms with E-state index in [2.05, 4.69) is 63.6 Å². The van der Waals surface area contributed by atoms with Crippen molar-refractivity contribution in [3.8, 4) is 0 Å². The van der Waals surface area contributed by atoms with E-state index in [9.17, 15) is 0 Å². The fourth-order valence-corrected chi connectivity index (χ4v) is 2.60. The molecule has 3 rings (SSSR count).